The van der Waals surface area contributed by atoms with Crippen molar-refractivity contribution in [1.29, 1.82) is 0 Å². The molecule has 1 N–H and O–H groups in total. The predicted octanol–water partition coefficient (Wildman–Crippen LogP) is 2.67. The molecule has 0 radical (unpaired) electrons. The summed E-state index contributed by atoms with van der Waals surface area (Å²) in [6.45, 7) is 6.60. The number of nitrogens with zero attached hydrogens (tertiary/aromatic N) is 3. The number of morpholine rings is 1. The minimum Gasteiger partial charge on any atom is -0.378 e. The lowest BCUT2D eigenvalue weighted by molar-refractivity contribution is -0.118. The molecule has 1 aromatic heterocycles. The first-order valence-corrected chi connectivity index (χ1v) is 10.2. The van der Waals surface area contributed by atoms with Crippen LogP contribution < -0.4 is 15.9 Å². The summed E-state index contributed by atoms with van der Waals surface area (Å²) in [6, 6.07) is 17.2. The Kier molecular flexibility index (Phi) is 5.55. The van der Waals surface area contributed by atoms with Crippen molar-refractivity contribution in [3.8, 4) is 0 Å². The summed E-state index contributed by atoms with van der Waals surface area (Å²) in [7, 11) is 0. The maximum Gasteiger partial charge on any atom is 0.294 e. The molecule has 1 aliphatic rings. The largest absolute Gasteiger partial charge is 0.378 e. The van der Waals surface area contributed by atoms with Crippen molar-refractivity contribution in [3.05, 3.63) is 70.5 Å². The van der Waals surface area contributed by atoms with Crippen LogP contribution in [0.2, 0.25) is 0 Å². The van der Waals surface area contributed by atoms with E-state index >= 15 is 0 Å². The minimum atomic E-state index is -0.376. The molecule has 0 atom stereocenters. The average Bonchev–Trinajstić information content (AvgIpc) is 2.76. The molecule has 156 valence electrons. The maximum absolute atomic E-state index is 13.0. The van der Waals surface area contributed by atoms with E-state index in [9.17, 15) is 9.59 Å². The second kappa shape index (κ2) is 8.28. The Hall–Kier alpha value is -3.19. The molecule has 2 aromatic carbocycles. The average molecular weight is 406 g/mol. The number of hydrogen-bond donors (Lipinski definition) is 1. The van der Waals surface area contributed by atoms with Gasteiger partial charge in [-0.05, 0) is 17.0 Å². The molecule has 1 amide bonds. The van der Waals surface area contributed by atoms with E-state index in [0.29, 0.717) is 37.5 Å². The summed E-state index contributed by atoms with van der Waals surface area (Å²) >= 11 is 0. The molecular formula is C23H26N4O3. The highest BCUT2D eigenvalue weighted by atomic mass is 16.5. The maximum atomic E-state index is 13.0. The Bertz CT molecular complexity index is 1100. The smallest absolute Gasteiger partial charge is 0.294 e. The molecule has 3 aromatic rings. The van der Waals surface area contributed by atoms with E-state index in [2.05, 4.69) is 15.4 Å². The van der Waals surface area contributed by atoms with E-state index in [1.54, 1.807) is 6.07 Å². The normalized spacial score (nSPS) is 14.7. The number of nitrogens with one attached hydrogen (secondary N) is 1. The van der Waals surface area contributed by atoms with Crippen molar-refractivity contribution in [2.75, 3.05) is 36.6 Å². The van der Waals surface area contributed by atoms with Crippen molar-refractivity contribution in [2.45, 2.75) is 25.7 Å². The zero-order chi connectivity index (χ0) is 21.1. The van der Waals surface area contributed by atoms with Gasteiger partial charge in [0.2, 0.25) is 5.91 Å². The number of carbonyl (C=O) groups excluding carboxylic acids is 1. The molecule has 0 saturated carbocycles. The third-order valence-electron chi connectivity index (χ3n) is 5.48. The number of benzene rings is 2. The summed E-state index contributed by atoms with van der Waals surface area (Å²) in [5.41, 5.74) is 3.05. The van der Waals surface area contributed by atoms with Gasteiger partial charge in [-0.2, -0.15) is 0 Å². The SMILES string of the molecule is CC(C)(CC(=O)Nn1nc(N2CCOCC2)c2ccccc2c1=O)c1ccccc1. The van der Waals surface area contributed by atoms with E-state index in [0.717, 1.165) is 15.7 Å². The summed E-state index contributed by atoms with van der Waals surface area (Å²) in [5, 5.41) is 5.81. The quantitative estimate of drug-likeness (QED) is 0.705. The van der Waals surface area contributed by atoms with Crippen LogP contribution in [-0.2, 0) is 14.9 Å². The van der Waals surface area contributed by atoms with Crippen molar-refractivity contribution >= 4 is 22.5 Å². The van der Waals surface area contributed by atoms with Crippen LogP contribution in [0.15, 0.2) is 59.4 Å². The first-order valence-electron chi connectivity index (χ1n) is 10.2. The number of ether oxygens (including phenoxy) is 1. The van der Waals surface area contributed by atoms with Gasteiger partial charge in [0.25, 0.3) is 5.56 Å². The predicted molar refractivity (Wildman–Crippen MR) is 117 cm³/mol. The Morgan fingerprint density at radius 2 is 1.67 bits per heavy atom. The van der Waals surface area contributed by atoms with Crippen LogP contribution in [0.25, 0.3) is 10.8 Å². The summed E-state index contributed by atoms with van der Waals surface area (Å²) in [6.07, 6.45) is 0.227. The molecule has 30 heavy (non-hydrogen) atoms. The number of rotatable bonds is 5. The lowest BCUT2D eigenvalue weighted by Gasteiger charge is -2.29. The molecule has 0 aliphatic carbocycles. The van der Waals surface area contributed by atoms with Gasteiger partial charge in [0, 0.05) is 24.9 Å². The number of carbonyl (C=O) groups is 1. The van der Waals surface area contributed by atoms with Crippen molar-refractivity contribution < 1.29 is 9.53 Å². The van der Waals surface area contributed by atoms with Crippen LogP contribution in [0.3, 0.4) is 0 Å². The van der Waals surface area contributed by atoms with Gasteiger partial charge in [0.1, 0.15) is 0 Å². The molecule has 2 heterocycles. The number of amides is 1. The molecular weight excluding hydrogens is 380 g/mol. The van der Waals surface area contributed by atoms with Crippen LogP contribution in [0, 0.1) is 0 Å². The summed E-state index contributed by atoms with van der Waals surface area (Å²) in [5.74, 6) is 0.415. The van der Waals surface area contributed by atoms with Gasteiger partial charge in [-0.15, -0.1) is 9.89 Å². The van der Waals surface area contributed by atoms with E-state index in [-0.39, 0.29) is 23.3 Å². The summed E-state index contributed by atoms with van der Waals surface area (Å²) in [4.78, 5) is 29.0. The van der Waals surface area contributed by atoms with Crippen LogP contribution >= 0.6 is 0 Å². The molecule has 0 bridgehead atoms. The lowest BCUT2D eigenvalue weighted by atomic mass is 9.81. The zero-order valence-electron chi connectivity index (χ0n) is 17.3. The Morgan fingerprint density at radius 3 is 2.37 bits per heavy atom. The second-order valence-electron chi connectivity index (χ2n) is 8.15. The monoisotopic (exact) mass is 406 g/mol. The Labute approximate surface area is 175 Å². The highest BCUT2D eigenvalue weighted by Gasteiger charge is 2.25. The standard InChI is InChI=1S/C23H26N4O3/c1-23(2,17-8-4-3-5-9-17)16-20(28)24-27-22(29)19-11-7-6-10-18(19)21(25-27)26-12-14-30-15-13-26/h3-11H,12-16H2,1-2H3,(H,24,28). The molecule has 0 spiro atoms. The van der Waals surface area contributed by atoms with Crippen LogP contribution in [0.5, 0.6) is 0 Å². The molecule has 1 aliphatic heterocycles. The first kappa shape index (κ1) is 20.1. The third kappa shape index (κ3) is 4.07. The topological polar surface area (TPSA) is 76.5 Å². The van der Waals surface area contributed by atoms with Crippen molar-refractivity contribution in [2.24, 2.45) is 0 Å². The molecule has 4 rings (SSSR count). The fraction of sp³-hybridized carbons (Fsp3) is 0.348. The van der Waals surface area contributed by atoms with E-state index in [1.807, 2.05) is 62.4 Å². The number of hydrogen-bond acceptors (Lipinski definition) is 5. The molecule has 7 heteroatoms. The molecule has 7 nitrogen and oxygen atoms in total. The Morgan fingerprint density at radius 1 is 1.03 bits per heavy atom. The van der Waals surface area contributed by atoms with E-state index < -0.39 is 0 Å². The van der Waals surface area contributed by atoms with Crippen LogP contribution in [0.4, 0.5) is 5.82 Å². The first-order chi connectivity index (χ1) is 14.5. The number of fused-ring (bicyclic) bond motifs is 1. The Balaban J connectivity index is 1.64. The molecule has 1 fully saturated rings. The van der Waals surface area contributed by atoms with Crippen LogP contribution in [0.1, 0.15) is 25.8 Å². The number of aromatic nitrogens is 2. The van der Waals surface area contributed by atoms with Gasteiger partial charge in [0.05, 0.1) is 18.6 Å². The van der Waals surface area contributed by atoms with E-state index in [4.69, 9.17) is 4.74 Å². The van der Waals surface area contributed by atoms with Crippen molar-refractivity contribution in [1.82, 2.24) is 9.89 Å². The second-order valence-corrected chi connectivity index (χ2v) is 8.15. The molecule has 0 unspecified atom stereocenters. The van der Waals surface area contributed by atoms with E-state index in [1.165, 1.54) is 0 Å². The highest BCUT2D eigenvalue weighted by Crippen LogP contribution is 2.27. The zero-order valence-corrected chi connectivity index (χ0v) is 17.3. The fourth-order valence-electron chi connectivity index (χ4n) is 3.81. The van der Waals surface area contributed by atoms with Gasteiger partial charge in [0.15, 0.2) is 5.82 Å². The highest BCUT2D eigenvalue weighted by molar-refractivity contribution is 5.92. The van der Waals surface area contributed by atoms with Gasteiger partial charge < -0.3 is 9.64 Å². The van der Waals surface area contributed by atoms with Gasteiger partial charge in [-0.3, -0.25) is 9.59 Å². The van der Waals surface area contributed by atoms with Crippen LogP contribution in [-0.4, -0.2) is 42.1 Å². The van der Waals surface area contributed by atoms with Crippen molar-refractivity contribution in [3.63, 3.8) is 0 Å². The number of anilines is 1. The minimum absolute atomic E-state index is 0.227. The fourth-order valence-corrected chi connectivity index (χ4v) is 3.81. The molecule has 1 saturated heterocycles. The van der Waals surface area contributed by atoms with Gasteiger partial charge >= 0.3 is 0 Å². The third-order valence-corrected chi connectivity index (χ3v) is 5.48. The van der Waals surface area contributed by atoms with Gasteiger partial charge in [-0.1, -0.05) is 62.4 Å². The lowest BCUT2D eigenvalue weighted by Crippen LogP contribution is -2.41. The van der Waals surface area contributed by atoms with Gasteiger partial charge in [-0.25, -0.2) is 5.43 Å². The summed E-state index contributed by atoms with van der Waals surface area (Å²) < 4.78 is 5.44.